The van der Waals surface area contributed by atoms with Crippen molar-refractivity contribution < 1.29 is 4.79 Å². The molecule has 5 heteroatoms. The lowest BCUT2D eigenvalue weighted by Gasteiger charge is -2.36. The van der Waals surface area contributed by atoms with Gasteiger partial charge in [0.1, 0.15) is 6.04 Å². The van der Waals surface area contributed by atoms with E-state index in [0.29, 0.717) is 13.0 Å². The largest absolute Gasteiger partial charge is 0.309 e. The van der Waals surface area contributed by atoms with Crippen LogP contribution in [0.4, 0.5) is 11.4 Å². The number of carbonyl (C=O) groups excluding carboxylic acids is 1. The fourth-order valence-corrected chi connectivity index (χ4v) is 4.32. The van der Waals surface area contributed by atoms with Crippen molar-refractivity contribution in [3.05, 3.63) is 71.3 Å². The molecule has 0 aromatic heterocycles. The minimum Gasteiger partial charge on any atom is -0.309 e. The molecule has 3 aromatic rings. The van der Waals surface area contributed by atoms with Crippen LogP contribution in [-0.4, -0.2) is 37.2 Å². The van der Waals surface area contributed by atoms with Crippen molar-refractivity contribution in [3.8, 4) is 0 Å². The predicted molar refractivity (Wildman–Crippen MR) is 118 cm³/mol. The van der Waals surface area contributed by atoms with Gasteiger partial charge < -0.3 is 4.90 Å². The number of nitrogens with one attached hydrogen (secondary N) is 1. The van der Waals surface area contributed by atoms with Crippen molar-refractivity contribution in [2.24, 2.45) is 4.99 Å². The van der Waals surface area contributed by atoms with E-state index in [2.05, 4.69) is 66.9 Å². The van der Waals surface area contributed by atoms with Gasteiger partial charge in [0.2, 0.25) is 5.91 Å². The molecule has 0 fully saturated rings. The molecule has 1 atom stereocenters. The van der Waals surface area contributed by atoms with Gasteiger partial charge in [-0.15, -0.1) is 0 Å². The lowest BCUT2D eigenvalue weighted by Crippen LogP contribution is -2.48. The minimum absolute atomic E-state index is 0.00889. The lowest BCUT2D eigenvalue weighted by atomic mass is 10.0. The summed E-state index contributed by atoms with van der Waals surface area (Å²) < 4.78 is 0. The normalized spacial score (nSPS) is 16.6. The molecule has 3 aromatic carbocycles. The Kier molecular flexibility index (Phi) is 4.14. The van der Waals surface area contributed by atoms with Gasteiger partial charge in [-0.2, -0.15) is 0 Å². The van der Waals surface area contributed by atoms with E-state index in [9.17, 15) is 4.79 Å². The summed E-state index contributed by atoms with van der Waals surface area (Å²) in [5.41, 5.74) is 9.52. The summed E-state index contributed by atoms with van der Waals surface area (Å²) in [7, 11) is 3.96. The molecule has 0 radical (unpaired) electrons. The summed E-state index contributed by atoms with van der Waals surface area (Å²) in [6, 6.07) is 18.8. The Morgan fingerprint density at radius 3 is 2.72 bits per heavy atom. The molecular formula is C24H24N4O. The van der Waals surface area contributed by atoms with Crippen molar-refractivity contribution in [1.82, 2.24) is 10.3 Å². The van der Waals surface area contributed by atoms with Gasteiger partial charge in [-0.3, -0.25) is 15.2 Å². The Hall–Kier alpha value is -3.18. The highest BCUT2D eigenvalue weighted by molar-refractivity contribution is 6.23. The highest BCUT2D eigenvalue weighted by Crippen LogP contribution is 2.47. The van der Waals surface area contributed by atoms with E-state index in [1.165, 1.54) is 16.3 Å². The van der Waals surface area contributed by atoms with Gasteiger partial charge in [0, 0.05) is 18.5 Å². The number of hydrogen-bond donors (Lipinski definition) is 1. The summed E-state index contributed by atoms with van der Waals surface area (Å²) in [5.74, 6) is 0.00889. The number of fused-ring (bicyclic) bond motifs is 4. The second-order valence-electron chi connectivity index (χ2n) is 8.10. The Morgan fingerprint density at radius 2 is 1.93 bits per heavy atom. The zero-order chi connectivity index (χ0) is 20.1. The number of aryl methyl sites for hydroxylation is 1. The van der Waals surface area contributed by atoms with Gasteiger partial charge in [0.15, 0.2) is 0 Å². The molecular weight excluding hydrogens is 360 g/mol. The molecule has 1 heterocycles. The molecule has 146 valence electrons. The minimum atomic E-state index is -0.116. The van der Waals surface area contributed by atoms with E-state index in [1.54, 1.807) is 0 Å². The smallest absolute Gasteiger partial charge is 0.239 e. The van der Waals surface area contributed by atoms with E-state index in [1.807, 2.05) is 24.0 Å². The Morgan fingerprint density at radius 1 is 1.14 bits per heavy atom. The van der Waals surface area contributed by atoms with Crippen LogP contribution in [0.5, 0.6) is 0 Å². The third-order valence-electron chi connectivity index (χ3n) is 5.69. The highest BCUT2D eigenvalue weighted by atomic mass is 16.2. The summed E-state index contributed by atoms with van der Waals surface area (Å²) in [5, 5.41) is 4.45. The number of hydrazine groups is 1. The van der Waals surface area contributed by atoms with Crippen molar-refractivity contribution in [2.45, 2.75) is 19.4 Å². The number of anilines is 1. The summed E-state index contributed by atoms with van der Waals surface area (Å²) >= 11 is 0. The number of carbonyl (C=O) groups is 1. The first-order valence-corrected chi connectivity index (χ1v) is 9.97. The molecule has 1 N–H and O–H groups in total. The van der Waals surface area contributed by atoms with Crippen molar-refractivity contribution in [3.63, 3.8) is 0 Å². The molecule has 5 nitrogen and oxygen atoms in total. The maximum absolute atomic E-state index is 12.8. The fourth-order valence-electron chi connectivity index (χ4n) is 4.32. The molecule has 2 aliphatic rings. The fraction of sp³-hybridized carbons (Fsp3) is 0.250. The topological polar surface area (TPSA) is 47.9 Å². The van der Waals surface area contributed by atoms with Gasteiger partial charge in [0.25, 0.3) is 0 Å². The molecule has 0 saturated carbocycles. The number of amides is 1. The van der Waals surface area contributed by atoms with Crippen molar-refractivity contribution >= 4 is 33.8 Å². The van der Waals surface area contributed by atoms with Crippen molar-refractivity contribution in [1.29, 1.82) is 0 Å². The number of nitrogens with zero attached hydrogens (tertiary/aromatic N) is 3. The highest BCUT2D eigenvalue weighted by Gasteiger charge is 2.39. The summed E-state index contributed by atoms with van der Waals surface area (Å²) in [4.78, 5) is 19.9. The molecule has 29 heavy (non-hydrogen) atoms. The summed E-state index contributed by atoms with van der Waals surface area (Å²) in [6.45, 7) is 2.78. The third-order valence-corrected chi connectivity index (χ3v) is 5.69. The van der Waals surface area contributed by atoms with Gasteiger partial charge >= 0.3 is 0 Å². The van der Waals surface area contributed by atoms with E-state index in [0.717, 1.165) is 28.2 Å². The Bertz CT molecular complexity index is 1160. The third kappa shape index (κ3) is 2.89. The van der Waals surface area contributed by atoms with Gasteiger partial charge in [-0.1, -0.05) is 42.5 Å². The lowest BCUT2D eigenvalue weighted by molar-refractivity contribution is -0.121. The SMILES string of the molecule is Cc1ccc2c(c1)N=C1c3cccc4cccc(c34)C1N2NC(=O)CCN(C)C. The second kappa shape index (κ2) is 6.71. The average Bonchev–Trinajstić information content (AvgIpc) is 3.02. The van der Waals surface area contributed by atoms with Crippen LogP contribution in [-0.2, 0) is 4.79 Å². The first kappa shape index (κ1) is 17.9. The molecule has 0 bridgehead atoms. The van der Waals surface area contributed by atoms with Crippen LogP contribution in [0, 0.1) is 6.92 Å². The monoisotopic (exact) mass is 384 g/mol. The molecule has 1 aliphatic heterocycles. The van der Waals surface area contributed by atoms with E-state index >= 15 is 0 Å². The van der Waals surface area contributed by atoms with E-state index < -0.39 is 0 Å². The molecule has 1 unspecified atom stereocenters. The van der Waals surface area contributed by atoms with Gasteiger partial charge in [0.05, 0.1) is 17.1 Å². The maximum Gasteiger partial charge on any atom is 0.239 e. The van der Waals surface area contributed by atoms with E-state index in [4.69, 9.17) is 4.99 Å². The molecule has 1 aliphatic carbocycles. The maximum atomic E-state index is 12.8. The molecule has 0 saturated heterocycles. The van der Waals surface area contributed by atoms with Gasteiger partial charge in [-0.25, -0.2) is 4.99 Å². The van der Waals surface area contributed by atoms with Gasteiger partial charge in [-0.05, 0) is 55.1 Å². The van der Waals surface area contributed by atoms with Crippen LogP contribution in [0.2, 0.25) is 0 Å². The quantitative estimate of drug-likeness (QED) is 0.736. The predicted octanol–water partition coefficient (Wildman–Crippen LogP) is 4.13. The van der Waals surface area contributed by atoms with Crippen LogP contribution in [0.1, 0.15) is 29.2 Å². The first-order valence-electron chi connectivity index (χ1n) is 9.97. The van der Waals surface area contributed by atoms with Crippen LogP contribution in [0.15, 0.2) is 59.6 Å². The molecule has 1 amide bonds. The number of rotatable bonds is 4. The van der Waals surface area contributed by atoms with Crippen LogP contribution in [0.25, 0.3) is 10.8 Å². The number of aliphatic imine (C=N–C) groups is 1. The van der Waals surface area contributed by atoms with Crippen LogP contribution < -0.4 is 10.4 Å². The average molecular weight is 384 g/mol. The number of hydrogen-bond acceptors (Lipinski definition) is 4. The summed E-state index contributed by atoms with van der Waals surface area (Å²) in [6.07, 6.45) is 0.445. The Labute approximate surface area is 170 Å². The van der Waals surface area contributed by atoms with E-state index in [-0.39, 0.29) is 11.9 Å². The zero-order valence-electron chi connectivity index (χ0n) is 16.9. The van der Waals surface area contributed by atoms with Crippen LogP contribution >= 0.6 is 0 Å². The molecule has 5 rings (SSSR count). The van der Waals surface area contributed by atoms with Crippen molar-refractivity contribution in [2.75, 3.05) is 25.6 Å². The second-order valence-corrected chi connectivity index (χ2v) is 8.10. The Balaban J connectivity index is 1.64. The zero-order valence-corrected chi connectivity index (χ0v) is 16.9. The standard InChI is InChI=1S/C24H24N4O/c1-15-10-11-20-19(14-15)25-23-17-8-4-6-16-7-5-9-18(22(16)17)24(23)28(20)26-21(29)12-13-27(2)3/h4-11,14,24H,12-13H2,1-3H3,(H,26,29). The van der Waals surface area contributed by atoms with Crippen LogP contribution in [0.3, 0.4) is 0 Å². The number of benzene rings is 3. The first-order chi connectivity index (χ1) is 14.0. The molecule has 0 spiro atoms.